The fraction of sp³-hybridized carbons (Fsp3) is 0.400. The van der Waals surface area contributed by atoms with Gasteiger partial charge in [0.2, 0.25) is 5.91 Å². The summed E-state index contributed by atoms with van der Waals surface area (Å²) in [6, 6.07) is 6.25. The van der Waals surface area contributed by atoms with E-state index < -0.39 is 0 Å². The molecule has 1 heterocycles. The molecule has 3 heteroatoms. The molecule has 0 saturated carbocycles. The van der Waals surface area contributed by atoms with Crippen LogP contribution in [0.3, 0.4) is 0 Å². The fourth-order valence-electron chi connectivity index (χ4n) is 2.17. The zero-order valence-electron chi connectivity index (χ0n) is 10.4. The number of rotatable bonds is 2. The molecule has 0 bridgehead atoms. The molecule has 1 aromatic carbocycles. The first-order valence-corrected chi connectivity index (χ1v) is 6.48. The molecule has 0 radical (unpaired) electrons. The van der Waals surface area contributed by atoms with Crippen molar-refractivity contribution >= 4 is 12.0 Å². The molecule has 1 aromatic rings. The Kier molecular flexibility index (Phi) is 4.51. The Morgan fingerprint density at radius 2 is 1.89 bits per heavy atom. The predicted octanol–water partition coefficient (Wildman–Crippen LogP) is 3.24. The molecule has 96 valence electrons. The number of halogens is 1. The van der Waals surface area contributed by atoms with Crippen molar-refractivity contribution in [2.45, 2.75) is 25.7 Å². The topological polar surface area (TPSA) is 20.3 Å². The summed E-state index contributed by atoms with van der Waals surface area (Å²) in [7, 11) is 0. The molecule has 0 aromatic heterocycles. The summed E-state index contributed by atoms with van der Waals surface area (Å²) in [6.45, 7) is 1.68. The van der Waals surface area contributed by atoms with E-state index in [9.17, 15) is 9.18 Å². The minimum atomic E-state index is -0.278. The third-order valence-corrected chi connectivity index (χ3v) is 3.18. The van der Waals surface area contributed by atoms with E-state index in [1.54, 1.807) is 24.3 Å². The lowest BCUT2D eigenvalue weighted by atomic mass is 10.2. The first kappa shape index (κ1) is 12.8. The second-order valence-corrected chi connectivity index (χ2v) is 4.63. The molecule has 0 unspecified atom stereocenters. The van der Waals surface area contributed by atoms with Gasteiger partial charge in [-0.05, 0) is 36.6 Å². The fourth-order valence-corrected chi connectivity index (χ4v) is 2.17. The molecular weight excluding hydrogens is 229 g/mol. The van der Waals surface area contributed by atoms with Gasteiger partial charge in [0.25, 0.3) is 0 Å². The third kappa shape index (κ3) is 3.69. The number of nitrogens with zero attached hydrogens (tertiary/aromatic N) is 1. The Hall–Kier alpha value is -1.64. The van der Waals surface area contributed by atoms with Gasteiger partial charge in [0.1, 0.15) is 5.82 Å². The number of hydrogen-bond donors (Lipinski definition) is 0. The Bertz CT molecular complexity index is 434. The van der Waals surface area contributed by atoms with E-state index in [1.807, 2.05) is 4.90 Å². The average Bonchev–Trinajstić information content (AvgIpc) is 2.65. The zero-order chi connectivity index (χ0) is 12.8. The van der Waals surface area contributed by atoms with E-state index in [-0.39, 0.29) is 11.7 Å². The summed E-state index contributed by atoms with van der Waals surface area (Å²) in [4.78, 5) is 13.8. The predicted molar refractivity (Wildman–Crippen MR) is 70.5 cm³/mol. The van der Waals surface area contributed by atoms with E-state index in [0.29, 0.717) is 0 Å². The minimum Gasteiger partial charge on any atom is -0.339 e. The molecule has 0 spiro atoms. The Morgan fingerprint density at radius 1 is 1.17 bits per heavy atom. The Balaban J connectivity index is 1.97. The van der Waals surface area contributed by atoms with E-state index >= 15 is 0 Å². The highest BCUT2D eigenvalue weighted by atomic mass is 19.1. The van der Waals surface area contributed by atoms with Gasteiger partial charge in [-0.2, -0.15) is 0 Å². The first-order chi connectivity index (χ1) is 8.75. The maximum absolute atomic E-state index is 13.0. The third-order valence-electron chi connectivity index (χ3n) is 3.18. The van der Waals surface area contributed by atoms with E-state index in [2.05, 4.69) is 0 Å². The molecule has 1 fully saturated rings. The average molecular weight is 247 g/mol. The molecular formula is C15H18FNO. The van der Waals surface area contributed by atoms with Crippen LogP contribution in [-0.2, 0) is 4.79 Å². The second kappa shape index (κ2) is 6.34. The van der Waals surface area contributed by atoms with Gasteiger partial charge < -0.3 is 4.90 Å². The van der Waals surface area contributed by atoms with Gasteiger partial charge >= 0.3 is 0 Å². The molecule has 1 aliphatic rings. The summed E-state index contributed by atoms with van der Waals surface area (Å²) in [5, 5.41) is 0. The lowest BCUT2D eigenvalue weighted by molar-refractivity contribution is -0.125. The van der Waals surface area contributed by atoms with Gasteiger partial charge in [-0.1, -0.05) is 25.0 Å². The van der Waals surface area contributed by atoms with Crippen molar-refractivity contribution in [1.82, 2.24) is 4.90 Å². The normalized spacial score (nSPS) is 16.8. The van der Waals surface area contributed by atoms with Crippen LogP contribution in [-0.4, -0.2) is 23.9 Å². The van der Waals surface area contributed by atoms with Crippen LogP contribution in [0.4, 0.5) is 4.39 Å². The highest BCUT2D eigenvalue weighted by Gasteiger charge is 2.12. The number of hydrogen-bond acceptors (Lipinski definition) is 1. The van der Waals surface area contributed by atoms with Crippen molar-refractivity contribution in [3.8, 4) is 0 Å². The van der Waals surface area contributed by atoms with Crippen LogP contribution >= 0.6 is 0 Å². The quantitative estimate of drug-likeness (QED) is 0.735. The smallest absolute Gasteiger partial charge is 0.246 e. The van der Waals surface area contributed by atoms with Crippen molar-refractivity contribution in [1.29, 1.82) is 0 Å². The van der Waals surface area contributed by atoms with Gasteiger partial charge in [0.05, 0.1) is 0 Å². The summed E-state index contributed by atoms with van der Waals surface area (Å²) < 4.78 is 13.0. The number of carbonyl (C=O) groups is 1. The molecule has 2 nitrogen and oxygen atoms in total. The van der Waals surface area contributed by atoms with Crippen LogP contribution < -0.4 is 0 Å². The van der Waals surface area contributed by atoms with Crippen molar-refractivity contribution in [3.63, 3.8) is 0 Å². The van der Waals surface area contributed by atoms with Crippen LogP contribution in [0.15, 0.2) is 30.3 Å². The lowest BCUT2D eigenvalue weighted by Gasteiger charge is -2.17. The maximum atomic E-state index is 13.0. The van der Waals surface area contributed by atoms with Crippen molar-refractivity contribution in [2.75, 3.05) is 13.1 Å². The highest BCUT2D eigenvalue weighted by molar-refractivity contribution is 5.91. The Morgan fingerprint density at radius 3 is 2.56 bits per heavy atom. The van der Waals surface area contributed by atoms with Crippen molar-refractivity contribution < 1.29 is 9.18 Å². The standard InChI is InChI=1S/C15H18FNO/c16-14-7-5-6-13(12-14)8-9-15(18)17-10-3-1-2-4-11-17/h5-9,12H,1-4,10-11H2/b9-8-. The van der Waals surface area contributed by atoms with Crippen LogP contribution in [0, 0.1) is 5.82 Å². The summed E-state index contributed by atoms with van der Waals surface area (Å²) in [5.74, 6) is -0.250. The molecule has 0 atom stereocenters. The summed E-state index contributed by atoms with van der Waals surface area (Å²) in [5.41, 5.74) is 0.721. The SMILES string of the molecule is O=C(/C=C\c1cccc(F)c1)N1CCCCCC1. The van der Waals surface area contributed by atoms with Gasteiger partial charge in [-0.3, -0.25) is 4.79 Å². The molecule has 2 rings (SSSR count). The monoisotopic (exact) mass is 247 g/mol. The van der Waals surface area contributed by atoms with E-state index in [1.165, 1.54) is 25.0 Å². The number of amides is 1. The molecule has 1 saturated heterocycles. The highest BCUT2D eigenvalue weighted by Crippen LogP contribution is 2.11. The molecule has 0 N–H and O–H groups in total. The van der Waals surface area contributed by atoms with Gasteiger partial charge in [0.15, 0.2) is 0 Å². The van der Waals surface area contributed by atoms with Crippen molar-refractivity contribution in [3.05, 3.63) is 41.7 Å². The van der Waals surface area contributed by atoms with Crippen molar-refractivity contribution in [2.24, 2.45) is 0 Å². The van der Waals surface area contributed by atoms with Gasteiger partial charge in [-0.15, -0.1) is 0 Å². The number of carbonyl (C=O) groups excluding carboxylic acids is 1. The molecule has 0 aliphatic carbocycles. The van der Waals surface area contributed by atoms with Gasteiger partial charge in [-0.25, -0.2) is 4.39 Å². The largest absolute Gasteiger partial charge is 0.339 e. The summed E-state index contributed by atoms with van der Waals surface area (Å²) in [6.07, 6.45) is 7.80. The van der Waals surface area contributed by atoms with Crippen LogP contribution in [0.5, 0.6) is 0 Å². The second-order valence-electron chi connectivity index (χ2n) is 4.63. The lowest BCUT2D eigenvalue weighted by Crippen LogP contribution is -2.30. The zero-order valence-corrected chi connectivity index (χ0v) is 10.4. The van der Waals surface area contributed by atoms with Crippen LogP contribution in [0.25, 0.3) is 6.08 Å². The maximum Gasteiger partial charge on any atom is 0.246 e. The molecule has 18 heavy (non-hydrogen) atoms. The van der Waals surface area contributed by atoms with Crippen LogP contribution in [0.1, 0.15) is 31.2 Å². The first-order valence-electron chi connectivity index (χ1n) is 6.48. The molecule has 1 amide bonds. The number of benzene rings is 1. The van der Waals surface area contributed by atoms with E-state index in [4.69, 9.17) is 0 Å². The van der Waals surface area contributed by atoms with Gasteiger partial charge in [0, 0.05) is 19.2 Å². The van der Waals surface area contributed by atoms with E-state index in [0.717, 1.165) is 31.5 Å². The minimum absolute atomic E-state index is 0.0289. The Labute approximate surface area is 107 Å². The summed E-state index contributed by atoms with van der Waals surface area (Å²) >= 11 is 0. The molecule has 1 aliphatic heterocycles. The van der Waals surface area contributed by atoms with Crippen LogP contribution in [0.2, 0.25) is 0 Å². The number of likely N-dealkylation sites (tertiary alicyclic amines) is 1.